The van der Waals surface area contributed by atoms with E-state index in [1.165, 1.54) is 29.2 Å². The molecule has 0 aliphatic carbocycles. The zero-order valence-electron chi connectivity index (χ0n) is 26.1. The first-order valence-corrected chi connectivity index (χ1v) is 14.8. The van der Waals surface area contributed by atoms with Gasteiger partial charge in [-0.3, -0.25) is 9.78 Å². The molecule has 0 saturated carbocycles. The van der Waals surface area contributed by atoms with Gasteiger partial charge in [0.25, 0.3) is 0 Å². The summed E-state index contributed by atoms with van der Waals surface area (Å²) < 4.78 is 51.4. The maximum absolute atomic E-state index is 13.4. The highest BCUT2D eigenvalue weighted by atomic mass is 19.4. The van der Waals surface area contributed by atoms with E-state index in [1.807, 2.05) is 18.2 Å². The molecule has 0 radical (unpaired) electrons. The maximum atomic E-state index is 13.4. The number of carboxylic acid groups (broad SMARTS) is 1. The predicted octanol–water partition coefficient (Wildman–Crippen LogP) is 7.31. The molecule has 1 amide bonds. The van der Waals surface area contributed by atoms with Gasteiger partial charge in [-0.2, -0.15) is 13.2 Å². The van der Waals surface area contributed by atoms with Gasteiger partial charge in [-0.05, 0) is 91.9 Å². The number of carboxylic acids is 1. The number of nitrogens with zero attached hydrogens (tertiary/aromatic N) is 2. The molecule has 240 valence electrons. The van der Waals surface area contributed by atoms with Crippen molar-refractivity contribution in [3.05, 3.63) is 112 Å². The largest absolute Gasteiger partial charge is 0.493 e. The van der Waals surface area contributed by atoms with Gasteiger partial charge in [0.05, 0.1) is 23.3 Å². The highest BCUT2D eigenvalue weighted by Crippen LogP contribution is 2.42. The van der Waals surface area contributed by atoms with Gasteiger partial charge in [0.2, 0.25) is 5.91 Å². The quantitative estimate of drug-likeness (QED) is 0.307. The van der Waals surface area contributed by atoms with E-state index < -0.39 is 35.3 Å². The molecule has 2 aliphatic rings. The number of alkyl halides is 3. The van der Waals surface area contributed by atoms with Crippen molar-refractivity contribution in [2.75, 3.05) is 13.2 Å². The third-order valence-electron chi connectivity index (χ3n) is 7.82. The molecule has 0 fully saturated rings. The van der Waals surface area contributed by atoms with E-state index >= 15 is 0 Å². The number of benzene rings is 2. The van der Waals surface area contributed by atoms with E-state index in [9.17, 15) is 27.9 Å². The highest BCUT2D eigenvalue weighted by Gasteiger charge is 2.34. The Hall–Kier alpha value is -4.70. The van der Waals surface area contributed by atoms with Gasteiger partial charge < -0.3 is 19.5 Å². The van der Waals surface area contributed by atoms with Crippen molar-refractivity contribution < 1.29 is 37.3 Å². The standard InChI is InChI=1S/C36H35F3N2O5/c1-21-6-13-28(42)41(20-23-7-9-25(10-8-23)36(37,38)39)18-15-22(2)30(33(34(43)44)46-35(3,4)5)29(21)26-11-12-27-31-24(16-19-45-27)14-17-40-32(26)31/h6-15,17,33H,1,16,18-20H2,2-5H3,(H,43,44)/b13-6-,22-15-,30-29?/t33-/m0/s1. The third-order valence-corrected chi connectivity index (χ3v) is 7.82. The van der Waals surface area contributed by atoms with Gasteiger partial charge in [0.1, 0.15) is 5.75 Å². The number of hydrogen-bond donors (Lipinski definition) is 1. The van der Waals surface area contributed by atoms with Gasteiger partial charge in [0, 0.05) is 48.3 Å². The molecule has 1 aromatic heterocycles. The maximum Gasteiger partial charge on any atom is 0.416 e. The number of aromatic nitrogens is 1. The Bertz CT molecular complexity index is 1790. The third kappa shape index (κ3) is 6.92. The van der Waals surface area contributed by atoms with Crippen LogP contribution < -0.4 is 4.74 Å². The molecule has 3 aromatic rings. The Kier molecular flexibility index (Phi) is 8.95. The van der Waals surface area contributed by atoms with Crippen molar-refractivity contribution >= 4 is 28.4 Å². The minimum absolute atomic E-state index is 0.0309. The topological polar surface area (TPSA) is 89.0 Å². The molecule has 0 bridgehead atoms. The molecule has 0 saturated heterocycles. The van der Waals surface area contributed by atoms with Crippen LogP contribution >= 0.6 is 0 Å². The summed E-state index contributed by atoms with van der Waals surface area (Å²) in [5.41, 5.74) is 2.86. The molecule has 0 spiro atoms. The smallest absolute Gasteiger partial charge is 0.416 e. The lowest BCUT2D eigenvalue weighted by Gasteiger charge is -2.30. The normalized spacial score (nSPS) is 18.6. The number of rotatable bonds is 6. The number of halogens is 3. The fourth-order valence-electron chi connectivity index (χ4n) is 5.69. The zero-order chi connectivity index (χ0) is 33.4. The minimum atomic E-state index is -4.48. The average molecular weight is 633 g/mol. The van der Waals surface area contributed by atoms with Gasteiger partial charge in [0.15, 0.2) is 6.10 Å². The van der Waals surface area contributed by atoms with Crippen LogP contribution in [0.4, 0.5) is 13.2 Å². The van der Waals surface area contributed by atoms with Crippen LogP contribution in [-0.4, -0.2) is 51.7 Å². The number of aliphatic carboxylic acids is 1. The van der Waals surface area contributed by atoms with Crippen LogP contribution in [0.3, 0.4) is 0 Å². The summed E-state index contributed by atoms with van der Waals surface area (Å²) in [5, 5.41) is 11.4. The summed E-state index contributed by atoms with van der Waals surface area (Å²) >= 11 is 0. The van der Waals surface area contributed by atoms with Gasteiger partial charge in [-0.25, -0.2) is 4.79 Å². The molecule has 3 heterocycles. The van der Waals surface area contributed by atoms with Crippen LogP contribution in [0, 0.1) is 0 Å². The van der Waals surface area contributed by atoms with Crippen molar-refractivity contribution in [1.82, 2.24) is 9.88 Å². The summed E-state index contributed by atoms with van der Waals surface area (Å²) in [6, 6.07) is 10.2. The van der Waals surface area contributed by atoms with Gasteiger partial charge >= 0.3 is 12.1 Å². The lowest BCUT2D eigenvalue weighted by molar-refractivity contribution is -0.155. The zero-order valence-corrected chi connectivity index (χ0v) is 26.1. The first-order valence-electron chi connectivity index (χ1n) is 14.8. The summed E-state index contributed by atoms with van der Waals surface area (Å²) in [5.74, 6) is -0.920. The molecule has 5 rings (SSSR count). The molecular formula is C36H35F3N2O5. The van der Waals surface area contributed by atoms with E-state index in [1.54, 1.807) is 40.0 Å². The minimum Gasteiger partial charge on any atom is -0.493 e. The van der Waals surface area contributed by atoms with Crippen molar-refractivity contribution in [3.63, 3.8) is 0 Å². The van der Waals surface area contributed by atoms with Gasteiger partial charge in [-0.15, -0.1) is 0 Å². The molecule has 7 nitrogen and oxygen atoms in total. The number of carbonyl (C=O) groups excluding carboxylic acids is 1. The summed E-state index contributed by atoms with van der Waals surface area (Å²) in [6.07, 6.45) is 1.09. The van der Waals surface area contributed by atoms with Crippen molar-refractivity contribution in [2.24, 2.45) is 0 Å². The molecule has 2 aromatic carbocycles. The number of pyridine rings is 1. The number of ether oxygens (including phenoxy) is 2. The predicted molar refractivity (Wildman–Crippen MR) is 169 cm³/mol. The van der Waals surface area contributed by atoms with Gasteiger partial charge in [-0.1, -0.05) is 24.8 Å². The van der Waals surface area contributed by atoms with E-state index in [2.05, 4.69) is 6.58 Å². The monoisotopic (exact) mass is 632 g/mol. The lowest BCUT2D eigenvalue weighted by atomic mass is 9.84. The second-order valence-corrected chi connectivity index (χ2v) is 12.3. The molecule has 2 aliphatic heterocycles. The fraction of sp³-hybridized carbons (Fsp3) is 0.306. The van der Waals surface area contributed by atoms with E-state index in [4.69, 9.17) is 14.5 Å². The van der Waals surface area contributed by atoms with Crippen molar-refractivity contribution in [2.45, 2.75) is 58.5 Å². The van der Waals surface area contributed by atoms with Crippen LogP contribution in [0.5, 0.6) is 5.75 Å². The first kappa shape index (κ1) is 32.7. The fourth-order valence-corrected chi connectivity index (χ4v) is 5.69. The summed E-state index contributed by atoms with van der Waals surface area (Å²) in [6.45, 7) is 11.9. The molecule has 0 unspecified atom stereocenters. The molecule has 1 N–H and O–H groups in total. The number of amides is 1. The van der Waals surface area contributed by atoms with Crippen LogP contribution in [0.1, 0.15) is 49.9 Å². The van der Waals surface area contributed by atoms with Crippen LogP contribution in [-0.2, 0) is 33.5 Å². The Labute approximate surface area is 265 Å². The first-order chi connectivity index (χ1) is 21.6. The molecular weight excluding hydrogens is 597 g/mol. The Morgan fingerprint density at radius 3 is 2.48 bits per heavy atom. The lowest BCUT2D eigenvalue weighted by Crippen LogP contribution is -2.36. The van der Waals surface area contributed by atoms with E-state index in [-0.39, 0.29) is 13.1 Å². The van der Waals surface area contributed by atoms with E-state index in [0.29, 0.717) is 57.7 Å². The SMILES string of the molecule is C=C1/C=C\C(=O)N(Cc2ccc(C(F)(F)F)cc2)C/C=C(/C)C([C@H](OC(C)(C)C)C(=O)O)=C1c1ccc2c3c(ccnc13)CCO2. The Morgan fingerprint density at radius 2 is 1.83 bits per heavy atom. The Balaban J connectivity index is 1.68. The summed E-state index contributed by atoms with van der Waals surface area (Å²) in [4.78, 5) is 32.5. The van der Waals surface area contributed by atoms with Crippen LogP contribution in [0.15, 0.2) is 90.2 Å². The van der Waals surface area contributed by atoms with Crippen molar-refractivity contribution in [3.8, 4) is 5.75 Å². The average Bonchev–Trinajstić information content (AvgIpc) is 2.99. The number of allylic oxidation sites excluding steroid dienone is 3. The van der Waals surface area contributed by atoms with E-state index in [0.717, 1.165) is 23.1 Å². The second-order valence-electron chi connectivity index (χ2n) is 12.3. The van der Waals surface area contributed by atoms with Crippen LogP contribution in [0.2, 0.25) is 0 Å². The number of hydrogen-bond acceptors (Lipinski definition) is 5. The molecule has 10 heteroatoms. The number of carbonyl (C=O) groups is 2. The molecule has 1 atom stereocenters. The summed E-state index contributed by atoms with van der Waals surface area (Å²) in [7, 11) is 0. The van der Waals surface area contributed by atoms with Crippen LogP contribution in [0.25, 0.3) is 16.5 Å². The molecule has 46 heavy (non-hydrogen) atoms. The Morgan fingerprint density at radius 1 is 1.11 bits per heavy atom. The van der Waals surface area contributed by atoms with Crippen molar-refractivity contribution in [1.29, 1.82) is 0 Å². The highest BCUT2D eigenvalue weighted by molar-refractivity contribution is 6.03. The second kappa shape index (κ2) is 12.6.